The summed E-state index contributed by atoms with van der Waals surface area (Å²) in [5.74, 6) is -0.212. The Kier molecular flexibility index (Phi) is 4.97. The predicted molar refractivity (Wildman–Crippen MR) is 101 cm³/mol. The van der Waals surface area contributed by atoms with Crippen LogP contribution in [-0.2, 0) is 0 Å². The fourth-order valence-corrected chi connectivity index (χ4v) is 3.35. The summed E-state index contributed by atoms with van der Waals surface area (Å²) in [5, 5.41) is 14.6. The number of imidazole rings is 1. The van der Waals surface area contributed by atoms with Crippen molar-refractivity contribution in [2.75, 3.05) is 13.1 Å². The Morgan fingerprint density at radius 3 is 2.96 bits per heavy atom. The largest absolute Gasteiger partial charge is 0.344 e. The van der Waals surface area contributed by atoms with E-state index in [0.717, 1.165) is 37.2 Å². The first kappa shape index (κ1) is 17.4. The Morgan fingerprint density at radius 1 is 1.33 bits per heavy atom. The molecular weight excluding hydrogens is 342 g/mol. The van der Waals surface area contributed by atoms with Gasteiger partial charge in [0.25, 0.3) is 5.91 Å². The smallest absolute Gasteiger partial charge is 0.273 e. The van der Waals surface area contributed by atoms with Gasteiger partial charge in [0.15, 0.2) is 5.69 Å². The highest BCUT2D eigenvalue weighted by molar-refractivity contribution is 5.92. The molecule has 1 saturated heterocycles. The summed E-state index contributed by atoms with van der Waals surface area (Å²) in [7, 11) is 0. The third-order valence-corrected chi connectivity index (χ3v) is 4.95. The number of rotatable bonds is 5. The molecule has 0 bridgehead atoms. The number of nitrogens with zero attached hydrogens (tertiary/aromatic N) is 5. The van der Waals surface area contributed by atoms with E-state index in [4.69, 9.17) is 0 Å². The number of carbonyl (C=O) groups is 1. The molecule has 1 aromatic carbocycles. The van der Waals surface area contributed by atoms with E-state index in [1.165, 1.54) is 0 Å². The van der Waals surface area contributed by atoms with Gasteiger partial charge in [-0.05, 0) is 50.6 Å². The van der Waals surface area contributed by atoms with Crippen LogP contribution < -0.4 is 10.6 Å². The van der Waals surface area contributed by atoms with E-state index in [-0.39, 0.29) is 11.9 Å². The number of nitrogens with one attached hydrogen (secondary N) is 2. The first-order valence-corrected chi connectivity index (χ1v) is 9.22. The summed E-state index contributed by atoms with van der Waals surface area (Å²) in [4.78, 5) is 16.7. The first-order chi connectivity index (χ1) is 13.2. The van der Waals surface area contributed by atoms with Crippen molar-refractivity contribution in [3.8, 4) is 5.69 Å². The summed E-state index contributed by atoms with van der Waals surface area (Å²) in [6.45, 7) is 3.90. The molecule has 27 heavy (non-hydrogen) atoms. The lowest BCUT2D eigenvalue weighted by Crippen LogP contribution is -2.29. The number of carbonyl (C=O) groups excluding carboxylic acids is 1. The lowest BCUT2D eigenvalue weighted by Gasteiger charge is -2.22. The van der Waals surface area contributed by atoms with Gasteiger partial charge in [-0.15, -0.1) is 5.10 Å². The van der Waals surface area contributed by atoms with Gasteiger partial charge in [-0.2, -0.15) is 0 Å². The fraction of sp³-hybridized carbons (Fsp3) is 0.368. The van der Waals surface area contributed by atoms with E-state index in [1.807, 2.05) is 46.6 Å². The average Bonchev–Trinajstić information content (AvgIpc) is 3.41. The van der Waals surface area contributed by atoms with Crippen molar-refractivity contribution in [3.05, 3.63) is 60.4 Å². The van der Waals surface area contributed by atoms with E-state index >= 15 is 0 Å². The minimum absolute atomic E-state index is 0.148. The van der Waals surface area contributed by atoms with Crippen molar-refractivity contribution in [1.29, 1.82) is 0 Å². The standard InChI is InChI=1S/C19H23N7O/c1-14(15-3-2-4-17(11-15)25-10-9-21-13-25)22-19(27)18-12-26(24-23-18)16-5-7-20-8-6-16/h2-4,9-14,16,20H,5-8H2,1H3,(H,22,27). The monoisotopic (exact) mass is 365 g/mol. The lowest BCUT2D eigenvalue weighted by molar-refractivity contribution is 0.0934. The van der Waals surface area contributed by atoms with Gasteiger partial charge in [-0.25, -0.2) is 9.67 Å². The van der Waals surface area contributed by atoms with Crippen molar-refractivity contribution < 1.29 is 4.79 Å². The van der Waals surface area contributed by atoms with E-state index in [1.54, 1.807) is 18.7 Å². The molecule has 0 spiro atoms. The van der Waals surface area contributed by atoms with Crippen molar-refractivity contribution in [1.82, 2.24) is 35.2 Å². The number of benzene rings is 1. The van der Waals surface area contributed by atoms with Crippen LogP contribution in [0.15, 0.2) is 49.2 Å². The molecule has 2 N–H and O–H groups in total. The number of piperidine rings is 1. The minimum atomic E-state index is -0.212. The molecule has 4 rings (SSSR count). The zero-order valence-corrected chi connectivity index (χ0v) is 15.2. The first-order valence-electron chi connectivity index (χ1n) is 9.22. The van der Waals surface area contributed by atoms with Crippen molar-refractivity contribution >= 4 is 5.91 Å². The number of amides is 1. The van der Waals surface area contributed by atoms with Crippen LogP contribution in [0.3, 0.4) is 0 Å². The van der Waals surface area contributed by atoms with Crippen molar-refractivity contribution in [2.45, 2.75) is 31.8 Å². The Morgan fingerprint density at radius 2 is 2.19 bits per heavy atom. The summed E-state index contributed by atoms with van der Waals surface area (Å²) in [6, 6.07) is 8.18. The molecule has 3 heterocycles. The molecule has 8 nitrogen and oxygen atoms in total. The molecule has 2 aromatic heterocycles. The molecule has 8 heteroatoms. The second-order valence-electron chi connectivity index (χ2n) is 6.83. The Balaban J connectivity index is 1.43. The van der Waals surface area contributed by atoms with Crippen LogP contribution in [0.5, 0.6) is 0 Å². The minimum Gasteiger partial charge on any atom is -0.344 e. The highest BCUT2D eigenvalue weighted by Gasteiger charge is 2.20. The van der Waals surface area contributed by atoms with Crippen LogP contribution in [0.25, 0.3) is 5.69 Å². The Bertz CT molecular complexity index is 896. The van der Waals surface area contributed by atoms with Gasteiger partial charge in [0, 0.05) is 18.1 Å². The molecule has 1 unspecified atom stereocenters. The van der Waals surface area contributed by atoms with E-state index in [0.29, 0.717) is 11.7 Å². The van der Waals surface area contributed by atoms with Gasteiger partial charge in [0.2, 0.25) is 0 Å². The van der Waals surface area contributed by atoms with Crippen LogP contribution in [-0.4, -0.2) is 43.5 Å². The van der Waals surface area contributed by atoms with E-state index in [2.05, 4.69) is 25.9 Å². The maximum Gasteiger partial charge on any atom is 0.273 e. The molecule has 1 aliphatic heterocycles. The van der Waals surface area contributed by atoms with Crippen molar-refractivity contribution in [3.63, 3.8) is 0 Å². The molecular formula is C19H23N7O. The third kappa shape index (κ3) is 3.90. The summed E-state index contributed by atoms with van der Waals surface area (Å²) < 4.78 is 3.75. The second-order valence-corrected chi connectivity index (χ2v) is 6.83. The summed E-state index contributed by atoms with van der Waals surface area (Å²) >= 11 is 0. The molecule has 1 fully saturated rings. The SMILES string of the molecule is CC(NC(=O)c1cn(C2CCNCC2)nn1)c1cccc(-n2ccnc2)c1. The summed E-state index contributed by atoms with van der Waals surface area (Å²) in [5.41, 5.74) is 2.37. The highest BCUT2D eigenvalue weighted by atomic mass is 16.2. The molecule has 0 radical (unpaired) electrons. The van der Waals surface area contributed by atoms with E-state index < -0.39 is 0 Å². The molecule has 1 aliphatic rings. The Labute approximate surface area is 157 Å². The van der Waals surface area contributed by atoms with Crippen LogP contribution in [0.1, 0.15) is 47.9 Å². The molecule has 140 valence electrons. The second kappa shape index (κ2) is 7.71. The maximum absolute atomic E-state index is 12.6. The van der Waals surface area contributed by atoms with Gasteiger partial charge in [-0.3, -0.25) is 4.79 Å². The van der Waals surface area contributed by atoms with Gasteiger partial charge in [0.1, 0.15) is 0 Å². The lowest BCUT2D eigenvalue weighted by atomic mass is 10.1. The zero-order valence-electron chi connectivity index (χ0n) is 15.2. The molecule has 1 amide bonds. The molecule has 0 saturated carbocycles. The zero-order chi connectivity index (χ0) is 18.6. The molecule has 1 atom stereocenters. The predicted octanol–water partition coefficient (Wildman–Crippen LogP) is 1.88. The third-order valence-electron chi connectivity index (χ3n) is 4.95. The average molecular weight is 365 g/mol. The van der Waals surface area contributed by atoms with Gasteiger partial charge in [-0.1, -0.05) is 17.3 Å². The quantitative estimate of drug-likeness (QED) is 0.721. The fourth-order valence-electron chi connectivity index (χ4n) is 3.35. The van der Waals surface area contributed by atoms with Crippen LogP contribution in [0.4, 0.5) is 0 Å². The molecule has 0 aliphatic carbocycles. The van der Waals surface area contributed by atoms with E-state index in [9.17, 15) is 4.79 Å². The molecule has 3 aromatic rings. The number of hydrogen-bond acceptors (Lipinski definition) is 5. The van der Waals surface area contributed by atoms with Crippen LogP contribution in [0.2, 0.25) is 0 Å². The van der Waals surface area contributed by atoms with Crippen molar-refractivity contribution in [2.24, 2.45) is 0 Å². The van der Waals surface area contributed by atoms with Gasteiger partial charge in [0.05, 0.1) is 24.6 Å². The highest BCUT2D eigenvalue weighted by Crippen LogP contribution is 2.19. The maximum atomic E-state index is 12.6. The van der Waals surface area contributed by atoms with Crippen LogP contribution >= 0.6 is 0 Å². The normalized spacial score (nSPS) is 16.2. The summed E-state index contributed by atoms with van der Waals surface area (Å²) in [6.07, 6.45) is 9.14. The van der Waals surface area contributed by atoms with Crippen LogP contribution in [0, 0.1) is 0 Å². The van der Waals surface area contributed by atoms with Gasteiger partial charge < -0.3 is 15.2 Å². The van der Waals surface area contributed by atoms with Gasteiger partial charge >= 0.3 is 0 Å². The number of aromatic nitrogens is 5. The Hall–Kier alpha value is -3.00. The topological polar surface area (TPSA) is 89.7 Å². The number of hydrogen-bond donors (Lipinski definition) is 2.